The third-order valence-corrected chi connectivity index (χ3v) is 3.05. The number of Topliss-reactive ketones (excluding diaryl/α,β-unsaturated/α-hetero) is 1. The predicted octanol–water partition coefficient (Wildman–Crippen LogP) is 3.56. The van der Waals surface area contributed by atoms with E-state index in [0.717, 1.165) is 17.7 Å². The van der Waals surface area contributed by atoms with Crippen LogP contribution in [0.3, 0.4) is 0 Å². The SMILES string of the molecule is CC(C)(C)CC(=O)C1CCOc2ccccc21. The number of rotatable bonds is 2. The molecule has 92 valence electrons. The Labute approximate surface area is 103 Å². The Balaban J connectivity index is 2.21. The van der Waals surface area contributed by atoms with Crippen LogP contribution in [-0.4, -0.2) is 12.4 Å². The molecule has 0 aromatic heterocycles. The van der Waals surface area contributed by atoms with Crippen LogP contribution in [0.4, 0.5) is 0 Å². The summed E-state index contributed by atoms with van der Waals surface area (Å²) in [5, 5.41) is 0. The lowest BCUT2D eigenvalue weighted by atomic mass is 9.81. The number of carbonyl (C=O) groups excluding carboxylic acids is 1. The Morgan fingerprint density at radius 1 is 1.35 bits per heavy atom. The molecule has 1 aromatic carbocycles. The Kier molecular flexibility index (Phi) is 3.23. The summed E-state index contributed by atoms with van der Waals surface area (Å²) in [6, 6.07) is 7.89. The molecule has 1 unspecified atom stereocenters. The zero-order chi connectivity index (χ0) is 12.5. The molecule has 0 fully saturated rings. The van der Waals surface area contributed by atoms with E-state index in [2.05, 4.69) is 20.8 Å². The van der Waals surface area contributed by atoms with Gasteiger partial charge < -0.3 is 4.74 Å². The van der Waals surface area contributed by atoms with Crippen LogP contribution in [0.2, 0.25) is 0 Å². The summed E-state index contributed by atoms with van der Waals surface area (Å²) in [4.78, 5) is 12.3. The molecule has 0 N–H and O–H groups in total. The van der Waals surface area contributed by atoms with E-state index < -0.39 is 0 Å². The molecule has 0 amide bonds. The molecular formula is C15H20O2. The molecule has 0 saturated carbocycles. The molecule has 2 rings (SSSR count). The lowest BCUT2D eigenvalue weighted by Gasteiger charge is -2.27. The maximum absolute atomic E-state index is 12.3. The molecule has 2 nitrogen and oxygen atoms in total. The van der Waals surface area contributed by atoms with E-state index in [1.54, 1.807) is 0 Å². The molecule has 0 bridgehead atoms. The normalized spacial score (nSPS) is 19.4. The molecule has 0 aliphatic carbocycles. The second-order valence-corrected chi connectivity index (χ2v) is 5.93. The summed E-state index contributed by atoms with van der Waals surface area (Å²) in [7, 11) is 0. The average molecular weight is 232 g/mol. The van der Waals surface area contributed by atoms with Crippen molar-refractivity contribution in [2.45, 2.75) is 39.5 Å². The highest BCUT2D eigenvalue weighted by molar-refractivity contribution is 5.87. The van der Waals surface area contributed by atoms with Gasteiger partial charge in [0.1, 0.15) is 11.5 Å². The van der Waals surface area contributed by atoms with Gasteiger partial charge in [0.05, 0.1) is 6.61 Å². The highest BCUT2D eigenvalue weighted by atomic mass is 16.5. The lowest BCUT2D eigenvalue weighted by Crippen LogP contribution is -2.24. The summed E-state index contributed by atoms with van der Waals surface area (Å²) < 4.78 is 5.58. The number of hydrogen-bond acceptors (Lipinski definition) is 2. The molecule has 0 radical (unpaired) electrons. The first kappa shape index (κ1) is 12.2. The molecule has 1 aromatic rings. The third kappa shape index (κ3) is 2.87. The predicted molar refractivity (Wildman–Crippen MR) is 68.4 cm³/mol. The summed E-state index contributed by atoms with van der Waals surface area (Å²) in [6.07, 6.45) is 1.44. The topological polar surface area (TPSA) is 26.3 Å². The van der Waals surface area contributed by atoms with E-state index in [9.17, 15) is 4.79 Å². The van der Waals surface area contributed by atoms with Gasteiger partial charge in [-0.3, -0.25) is 4.79 Å². The van der Waals surface area contributed by atoms with E-state index in [1.165, 1.54) is 0 Å². The number of carbonyl (C=O) groups is 1. The van der Waals surface area contributed by atoms with Gasteiger partial charge in [-0.15, -0.1) is 0 Å². The van der Waals surface area contributed by atoms with Gasteiger partial charge in [-0.05, 0) is 17.9 Å². The summed E-state index contributed by atoms with van der Waals surface area (Å²) in [5.41, 5.74) is 1.12. The van der Waals surface area contributed by atoms with Crippen LogP contribution in [0.1, 0.15) is 45.1 Å². The van der Waals surface area contributed by atoms with Crippen molar-refractivity contribution in [3.8, 4) is 5.75 Å². The van der Waals surface area contributed by atoms with Gasteiger partial charge in [-0.25, -0.2) is 0 Å². The van der Waals surface area contributed by atoms with Crippen LogP contribution in [-0.2, 0) is 4.79 Å². The minimum Gasteiger partial charge on any atom is -0.493 e. The van der Waals surface area contributed by atoms with Crippen molar-refractivity contribution in [3.63, 3.8) is 0 Å². The van der Waals surface area contributed by atoms with Crippen LogP contribution >= 0.6 is 0 Å². The van der Waals surface area contributed by atoms with Gasteiger partial charge in [0.2, 0.25) is 0 Å². The fourth-order valence-electron chi connectivity index (χ4n) is 2.32. The quantitative estimate of drug-likeness (QED) is 0.779. The number of fused-ring (bicyclic) bond motifs is 1. The Bertz CT molecular complexity index is 415. The van der Waals surface area contributed by atoms with E-state index in [1.807, 2.05) is 24.3 Å². The molecule has 1 aliphatic rings. The van der Waals surface area contributed by atoms with Crippen molar-refractivity contribution in [3.05, 3.63) is 29.8 Å². The standard InChI is InChI=1S/C15H20O2/c1-15(2,3)10-13(16)11-8-9-17-14-7-5-4-6-12(11)14/h4-7,11H,8-10H2,1-3H3. The number of ether oxygens (including phenoxy) is 1. The highest BCUT2D eigenvalue weighted by Crippen LogP contribution is 2.36. The smallest absolute Gasteiger partial charge is 0.141 e. The second kappa shape index (κ2) is 4.52. The van der Waals surface area contributed by atoms with E-state index in [-0.39, 0.29) is 11.3 Å². The van der Waals surface area contributed by atoms with Crippen LogP contribution in [0, 0.1) is 5.41 Å². The first-order chi connectivity index (χ1) is 7.97. The Morgan fingerprint density at radius 2 is 2.06 bits per heavy atom. The van der Waals surface area contributed by atoms with Crippen LogP contribution < -0.4 is 4.74 Å². The monoisotopic (exact) mass is 232 g/mol. The molecule has 1 aliphatic heterocycles. The molecular weight excluding hydrogens is 212 g/mol. The minimum atomic E-state index is 0.0270. The first-order valence-corrected chi connectivity index (χ1v) is 6.22. The van der Waals surface area contributed by atoms with Crippen LogP contribution in [0.5, 0.6) is 5.75 Å². The first-order valence-electron chi connectivity index (χ1n) is 6.22. The zero-order valence-electron chi connectivity index (χ0n) is 10.8. The fourth-order valence-corrected chi connectivity index (χ4v) is 2.32. The van der Waals surface area contributed by atoms with Gasteiger partial charge in [-0.2, -0.15) is 0 Å². The van der Waals surface area contributed by atoms with E-state index in [0.29, 0.717) is 18.8 Å². The van der Waals surface area contributed by atoms with Crippen molar-refractivity contribution in [1.82, 2.24) is 0 Å². The van der Waals surface area contributed by atoms with Gasteiger partial charge in [0, 0.05) is 17.9 Å². The maximum atomic E-state index is 12.3. The lowest BCUT2D eigenvalue weighted by molar-refractivity contribution is -0.122. The maximum Gasteiger partial charge on any atom is 0.141 e. The number of ketones is 1. The van der Waals surface area contributed by atoms with Gasteiger partial charge in [-0.1, -0.05) is 39.0 Å². The Morgan fingerprint density at radius 3 is 2.76 bits per heavy atom. The third-order valence-electron chi connectivity index (χ3n) is 3.05. The average Bonchev–Trinajstić information content (AvgIpc) is 2.26. The largest absolute Gasteiger partial charge is 0.493 e. The summed E-state index contributed by atoms with van der Waals surface area (Å²) >= 11 is 0. The van der Waals surface area contributed by atoms with Crippen molar-refractivity contribution in [2.75, 3.05) is 6.61 Å². The van der Waals surface area contributed by atoms with Crippen LogP contribution in [0.25, 0.3) is 0 Å². The van der Waals surface area contributed by atoms with E-state index >= 15 is 0 Å². The fraction of sp³-hybridized carbons (Fsp3) is 0.533. The molecule has 1 heterocycles. The second-order valence-electron chi connectivity index (χ2n) is 5.93. The van der Waals surface area contributed by atoms with E-state index in [4.69, 9.17) is 4.74 Å². The highest BCUT2D eigenvalue weighted by Gasteiger charge is 2.29. The van der Waals surface area contributed by atoms with Crippen molar-refractivity contribution in [2.24, 2.45) is 5.41 Å². The number of para-hydroxylation sites is 1. The molecule has 1 atom stereocenters. The molecule has 17 heavy (non-hydrogen) atoms. The van der Waals surface area contributed by atoms with Crippen molar-refractivity contribution >= 4 is 5.78 Å². The van der Waals surface area contributed by atoms with Gasteiger partial charge in [0.15, 0.2) is 0 Å². The number of benzene rings is 1. The van der Waals surface area contributed by atoms with Gasteiger partial charge >= 0.3 is 0 Å². The Hall–Kier alpha value is -1.31. The van der Waals surface area contributed by atoms with Crippen molar-refractivity contribution in [1.29, 1.82) is 0 Å². The molecule has 2 heteroatoms. The van der Waals surface area contributed by atoms with Crippen molar-refractivity contribution < 1.29 is 9.53 Å². The zero-order valence-corrected chi connectivity index (χ0v) is 10.8. The molecule has 0 spiro atoms. The molecule has 0 saturated heterocycles. The minimum absolute atomic E-state index is 0.0270. The summed E-state index contributed by atoms with van der Waals surface area (Å²) in [6.45, 7) is 6.97. The van der Waals surface area contributed by atoms with Gasteiger partial charge in [0.25, 0.3) is 0 Å². The van der Waals surface area contributed by atoms with Crippen LogP contribution in [0.15, 0.2) is 24.3 Å². The summed E-state index contributed by atoms with van der Waals surface area (Å²) in [5.74, 6) is 1.25. The number of hydrogen-bond donors (Lipinski definition) is 0.